The highest BCUT2D eigenvalue weighted by Gasteiger charge is 2.33. The summed E-state index contributed by atoms with van der Waals surface area (Å²) in [6.07, 6.45) is 0.281. The number of nitrogens with one attached hydrogen (secondary N) is 2. The monoisotopic (exact) mass is 499 g/mol. The Labute approximate surface area is 201 Å². The smallest absolute Gasteiger partial charge is 0.353 e. The van der Waals surface area contributed by atoms with Crippen molar-refractivity contribution in [3.8, 4) is 5.75 Å². The van der Waals surface area contributed by atoms with E-state index in [2.05, 4.69) is 5.32 Å². The highest BCUT2D eigenvalue weighted by molar-refractivity contribution is 7.14. The van der Waals surface area contributed by atoms with Crippen LogP contribution in [0, 0.1) is 22.6 Å². The average Bonchev–Trinajstić information content (AvgIpc) is 3.12. The standard InChI is InChI=1S/C22H26FN3O5S.ClH/c1-11(2)17(19(27)28)26-21(30)22(3,4)10-13-6-8-16(32-13)20(29)31-12-5-7-14(18(24)25)15(23)9-12;/h5-9,11,17H,10H2,1-4H3,(H3,24,25)(H,26,30)(H,27,28);1H/t17-;/m0./s1. The minimum Gasteiger partial charge on any atom is -0.480 e. The predicted octanol–water partition coefficient (Wildman–Crippen LogP) is 3.61. The maximum atomic E-state index is 13.9. The van der Waals surface area contributed by atoms with Crippen LogP contribution in [0.1, 0.15) is 47.8 Å². The van der Waals surface area contributed by atoms with E-state index < -0.39 is 41.0 Å². The van der Waals surface area contributed by atoms with Gasteiger partial charge in [0, 0.05) is 16.4 Å². The van der Waals surface area contributed by atoms with E-state index in [1.54, 1.807) is 39.8 Å². The van der Waals surface area contributed by atoms with Crippen molar-refractivity contribution in [2.24, 2.45) is 17.1 Å². The Bertz CT molecular complexity index is 1050. The number of carbonyl (C=O) groups is 3. The lowest BCUT2D eigenvalue weighted by molar-refractivity contribution is -0.144. The lowest BCUT2D eigenvalue weighted by atomic mass is 9.86. The van der Waals surface area contributed by atoms with Crippen LogP contribution in [0.25, 0.3) is 0 Å². The molecule has 0 aliphatic carbocycles. The van der Waals surface area contributed by atoms with Gasteiger partial charge in [-0.05, 0) is 36.6 Å². The summed E-state index contributed by atoms with van der Waals surface area (Å²) < 4.78 is 19.1. The first kappa shape index (κ1) is 28.1. The Hall–Kier alpha value is -2.98. The number of carboxylic acids is 1. The largest absolute Gasteiger partial charge is 0.480 e. The van der Waals surface area contributed by atoms with Crippen LogP contribution in [0.4, 0.5) is 4.39 Å². The molecule has 1 heterocycles. The molecule has 1 aromatic carbocycles. The van der Waals surface area contributed by atoms with Crippen LogP contribution in [0.3, 0.4) is 0 Å². The molecule has 0 aliphatic rings. The summed E-state index contributed by atoms with van der Waals surface area (Å²) >= 11 is 1.13. The molecule has 0 radical (unpaired) electrons. The van der Waals surface area contributed by atoms with E-state index in [0.29, 0.717) is 0 Å². The molecular formula is C22H27ClFN3O5S. The quantitative estimate of drug-likeness (QED) is 0.180. The summed E-state index contributed by atoms with van der Waals surface area (Å²) in [5, 5.41) is 19.1. The number of esters is 1. The molecule has 0 bridgehead atoms. The average molecular weight is 500 g/mol. The van der Waals surface area contributed by atoms with E-state index in [0.717, 1.165) is 22.3 Å². The fraction of sp³-hybridized carbons (Fsp3) is 0.364. The predicted molar refractivity (Wildman–Crippen MR) is 126 cm³/mol. The Balaban J connectivity index is 0.00000544. The Kier molecular flexibility index (Phi) is 9.56. The van der Waals surface area contributed by atoms with Gasteiger partial charge in [-0.2, -0.15) is 0 Å². The van der Waals surface area contributed by atoms with Crippen molar-refractivity contribution < 1.29 is 28.6 Å². The van der Waals surface area contributed by atoms with Crippen molar-refractivity contribution in [3.63, 3.8) is 0 Å². The summed E-state index contributed by atoms with van der Waals surface area (Å²) in [6, 6.07) is 5.81. The summed E-state index contributed by atoms with van der Waals surface area (Å²) in [7, 11) is 0. The number of hydrogen-bond donors (Lipinski definition) is 4. The lowest BCUT2D eigenvalue weighted by Gasteiger charge is -2.27. The molecule has 8 nitrogen and oxygen atoms in total. The third-order valence-electron chi connectivity index (χ3n) is 4.75. The van der Waals surface area contributed by atoms with Crippen molar-refractivity contribution >= 4 is 47.4 Å². The van der Waals surface area contributed by atoms with Crippen LogP contribution in [-0.2, 0) is 16.0 Å². The molecule has 5 N–H and O–H groups in total. The number of amidine groups is 1. The van der Waals surface area contributed by atoms with Crippen molar-refractivity contribution in [3.05, 3.63) is 51.5 Å². The van der Waals surface area contributed by atoms with E-state index in [4.69, 9.17) is 15.9 Å². The number of ether oxygens (including phenoxy) is 1. The van der Waals surface area contributed by atoms with Gasteiger partial charge in [0.15, 0.2) is 0 Å². The van der Waals surface area contributed by atoms with Gasteiger partial charge >= 0.3 is 11.9 Å². The van der Waals surface area contributed by atoms with Gasteiger partial charge in [0.1, 0.15) is 28.3 Å². The zero-order valence-electron chi connectivity index (χ0n) is 18.6. The molecule has 0 aliphatic heterocycles. The number of carboxylic acid groups (broad SMARTS) is 1. The number of aliphatic carboxylic acids is 1. The van der Waals surface area contributed by atoms with E-state index in [1.807, 2.05) is 0 Å². The van der Waals surface area contributed by atoms with Gasteiger partial charge in [0.2, 0.25) is 5.91 Å². The second-order valence-electron chi connectivity index (χ2n) is 8.30. The zero-order valence-corrected chi connectivity index (χ0v) is 20.2. The Morgan fingerprint density at radius 3 is 2.39 bits per heavy atom. The van der Waals surface area contributed by atoms with Crippen LogP contribution in [0.15, 0.2) is 30.3 Å². The van der Waals surface area contributed by atoms with Crippen molar-refractivity contribution in [2.45, 2.75) is 40.2 Å². The summed E-state index contributed by atoms with van der Waals surface area (Å²) in [6.45, 7) is 6.81. The normalized spacial score (nSPS) is 11.9. The van der Waals surface area contributed by atoms with Crippen LogP contribution in [-0.4, -0.2) is 34.8 Å². The molecule has 0 unspecified atom stereocenters. The SMILES string of the molecule is CC(C)[C@H](NC(=O)C(C)(C)Cc1ccc(C(=O)Oc2ccc(C(=N)N)c(F)c2)s1)C(=O)O.Cl. The first-order chi connectivity index (χ1) is 14.8. The Morgan fingerprint density at radius 2 is 1.88 bits per heavy atom. The van der Waals surface area contributed by atoms with Gasteiger partial charge in [-0.15, -0.1) is 23.7 Å². The molecular weight excluding hydrogens is 473 g/mol. The molecule has 0 spiro atoms. The first-order valence-electron chi connectivity index (χ1n) is 9.80. The summed E-state index contributed by atoms with van der Waals surface area (Å²) in [5.74, 6) is -3.70. The van der Waals surface area contributed by atoms with Crippen LogP contribution in [0.5, 0.6) is 5.75 Å². The second-order valence-corrected chi connectivity index (χ2v) is 9.47. The van der Waals surface area contributed by atoms with E-state index in [1.165, 1.54) is 12.1 Å². The number of benzene rings is 1. The number of halogens is 2. The molecule has 1 amide bonds. The molecule has 2 aromatic rings. The van der Waals surface area contributed by atoms with Crippen molar-refractivity contribution in [2.75, 3.05) is 0 Å². The van der Waals surface area contributed by atoms with E-state index >= 15 is 0 Å². The fourth-order valence-electron chi connectivity index (χ4n) is 2.88. The lowest BCUT2D eigenvalue weighted by Crippen LogP contribution is -2.49. The number of carbonyl (C=O) groups excluding carboxylic acids is 2. The third kappa shape index (κ3) is 7.26. The van der Waals surface area contributed by atoms with Crippen molar-refractivity contribution in [1.82, 2.24) is 5.32 Å². The van der Waals surface area contributed by atoms with Crippen LogP contribution >= 0.6 is 23.7 Å². The minimum absolute atomic E-state index is 0. The molecule has 33 heavy (non-hydrogen) atoms. The number of thiophene rings is 1. The van der Waals surface area contributed by atoms with Gasteiger partial charge in [-0.25, -0.2) is 14.0 Å². The molecule has 180 valence electrons. The third-order valence-corrected chi connectivity index (χ3v) is 5.82. The molecule has 0 fully saturated rings. The van der Waals surface area contributed by atoms with Gasteiger partial charge in [-0.1, -0.05) is 27.7 Å². The number of nitrogen functional groups attached to an aromatic ring is 1. The highest BCUT2D eigenvalue weighted by atomic mass is 35.5. The number of rotatable bonds is 9. The first-order valence-corrected chi connectivity index (χ1v) is 10.6. The second kappa shape index (κ2) is 11.2. The zero-order chi connectivity index (χ0) is 24.2. The summed E-state index contributed by atoms with van der Waals surface area (Å²) in [5.41, 5.74) is 4.26. The highest BCUT2D eigenvalue weighted by Crippen LogP contribution is 2.28. The van der Waals surface area contributed by atoms with E-state index in [9.17, 15) is 23.9 Å². The van der Waals surface area contributed by atoms with Crippen LogP contribution in [0.2, 0.25) is 0 Å². The summed E-state index contributed by atoms with van der Waals surface area (Å²) in [4.78, 5) is 37.4. The molecule has 1 atom stereocenters. The molecule has 1 aromatic heterocycles. The van der Waals surface area contributed by atoms with E-state index in [-0.39, 0.29) is 40.9 Å². The van der Waals surface area contributed by atoms with Gasteiger partial charge in [0.25, 0.3) is 0 Å². The molecule has 11 heteroatoms. The molecule has 2 rings (SSSR count). The maximum absolute atomic E-state index is 13.9. The molecule has 0 saturated carbocycles. The van der Waals surface area contributed by atoms with Gasteiger partial charge in [0.05, 0.1) is 5.56 Å². The van der Waals surface area contributed by atoms with Gasteiger partial charge < -0.3 is 20.9 Å². The van der Waals surface area contributed by atoms with Crippen LogP contribution < -0.4 is 15.8 Å². The fourth-order valence-corrected chi connectivity index (χ4v) is 4.00. The van der Waals surface area contributed by atoms with Crippen molar-refractivity contribution in [1.29, 1.82) is 5.41 Å². The topological polar surface area (TPSA) is 143 Å². The number of amides is 1. The molecule has 0 saturated heterocycles. The number of hydrogen-bond acceptors (Lipinski definition) is 6. The van der Waals surface area contributed by atoms with Gasteiger partial charge in [-0.3, -0.25) is 10.2 Å². The minimum atomic E-state index is -1.10. The maximum Gasteiger partial charge on any atom is 0.353 e. The Morgan fingerprint density at radius 1 is 1.24 bits per heavy atom. The number of nitrogens with two attached hydrogens (primary N) is 1.